The molecule has 8 nitrogen and oxygen atoms in total. The number of phenolic OH excluding ortho intramolecular Hbond substituents is 4. The molecule has 0 radical (unpaired) electrons. The Balaban J connectivity index is 0.00000233. The molecule has 0 unspecified atom stereocenters. The normalized spacial score (nSPS) is 12.9. The third kappa shape index (κ3) is 5.81. The Morgan fingerprint density at radius 1 is 0.473 bits per heavy atom. The second-order valence-corrected chi connectivity index (χ2v) is 13.1. The van der Waals surface area contributed by atoms with Crippen molar-refractivity contribution >= 4 is 55.5 Å². The summed E-state index contributed by atoms with van der Waals surface area (Å²) in [5.41, 5.74) is 2.53. The van der Waals surface area contributed by atoms with Gasteiger partial charge in [0.25, 0.3) is 0 Å². The van der Waals surface area contributed by atoms with E-state index < -0.39 is 5.66 Å². The first kappa shape index (κ1) is 37.3. The molecule has 8 aromatic carbocycles. The van der Waals surface area contributed by atoms with Gasteiger partial charge in [0.1, 0.15) is 11.5 Å². The maximum Gasteiger partial charge on any atom is 0.202 e. The molecule has 0 atom stereocenters. The van der Waals surface area contributed by atoms with Crippen LogP contribution in [0.25, 0.3) is 54.2 Å². The zero-order chi connectivity index (χ0) is 36.4. The van der Waals surface area contributed by atoms with Crippen molar-refractivity contribution in [2.24, 2.45) is 9.98 Å². The molecule has 0 aliphatic heterocycles. The van der Waals surface area contributed by atoms with Crippen LogP contribution in [0.2, 0.25) is 0 Å². The predicted molar refractivity (Wildman–Crippen MR) is 211 cm³/mol. The molecular formula is C45H32N2Ni2O6. The van der Waals surface area contributed by atoms with Crippen LogP contribution in [0, 0.1) is 0 Å². The number of aliphatic imine (C=N–C) groups is 2. The van der Waals surface area contributed by atoms with E-state index in [1.165, 1.54) is 12.1 Å². The van der Waals surface area contributed by atoms with Gasteiger partial charge in [0, 0.05) is 67.7 Å². The van der Waals surface area contributed by atoms with Crippen LogP contribution in [0.5, 0.6) is 34.5 Å². The summed E-state index contributed by atoms with van der Waals surface area (Å²) in [5, 5.41) is 50.7. The molecule has 55 heavy (non-hydrogen) atoms. The average molecular weight is 814 g/mol. The summed E-state index contributed by atoms with van der Waals surface area (Å²) >= 11 is 0. The molecule has 4 N–H and O–H groups in total. The van der Waals surface area contributed by atoms with Crippen molar-refractivity contribution in [1.82, 2.24) is 0 Å². The van der Waals surface area contributed by atoms with Crippen molar-refractivity contribution in [3.05, 3.63) is 144 Å². The molecule has 1 aliphatic rings. The first-order valence-corrected chi connectivity index (χ1v) is 17.0. The number of fused-ring (bicyclic) bond motifs is 9. The fourth-order valence-electron chi connectivity index (χ4n) is 7.72. The van der Waals surface area contributed by atoms with Crippen molar-refractivity contribution in [3.63, 3.8) is 0 Å². The van der Waals surface area contributed by atoms with Gasteiger partial charge >= 0.3 is 0 Å². The Hall–Kier alpha value is -6.07. The number of benzene rings is 8. The summed E-state index contributed by atoms with van der Waals surface area (Å²) in [4.78, 5) is 10.6. The van der Waals surface area contributed by atoms with Crippen LogP contribution in [-0.2, 0) is 38.6 Å². The molecule has 0 spiro atoms. The Morgan fingerprint density at radius 3 is 1.29 bits per heavy atom. The molecule has 8 aromatic rings. The standard InChI is InChI=1S/C45H32N2O6.2Ni/c1-52-29-13-15-33-27(19-29)11-17-37-41(33)42-34-16-14-30(53-2)20-28(34)12-18-38(42)45(37,46-23-35-31-9-5-3-7-25(31)21-39(48)43(35)50)47-24-36-32-10-6-4-8-26(32)22-40(49)44(36)51;;/h3-24,48-51H,1-2H3;;/b46-23+,47-24+;;. The number of hydrogen-bond acceptors (Lipinski definition) is 8. The fourth-order valence-corrected chi connectivity index (χ4v) is 7.72. The molecule has 10 heteroatoms. The molecule has 0 saturated carbocycles. The molecule has 0 bridgehead atoms. The van der Waals surface area contributed by atoms with Gasteiger partial charge in [-0.05, 0) is 90.6 Å². The van der Waals surface area contributed by atoms with E-state index in [1.54, 1.807) is 26.6 Å². The Bertz CT molecular complexity index is 2690. The quantitative estimate of drug-likeness (QED) is 0.0754. The molecule has 0 aromatic heterocycles. The SMILES string of the molecule is COc1ccc2c3c(ccc2c1)C(/N=C/c1c(O)c(O)cc2ccccc12)(/N=C/c1c(O)c(O)cc2ccccc12)c1ccc2cc(OC)ccc2c1-3.[Ni].[Ni]. The van der Waals surface area contributed by atoms with Crippen LogP contribution in [0.1, 0.15) is 22.3 Å². The van der Waals surface area contributed by atoms with Gasteiger partial charge in [-0.2, -0.15) is 0 Å². The van der Waals surface area contributed by atoms with E-state index in [0.29, 0.717) is 21.9 Å². The van der Waals surface area contributed by atoms with E-state index >= 15 is 0 Å². The van der Waals surface area contributed by atoms with E-state index in [1.807, 2.05) is 109 Å². The smallest absolute Gasteiger partial charge is 0.202 e. The third-order valence-corrected chi connectivity index (χ3v) is 10.3. The minimum absolute atomic E-state index is 0. The van der Waals surface area contributed by atoms with Crippen LogP contribution in [0.15, 0.2) is 131 Å². The van der Waals surface area contributed by atoms with Crippen molar-refractivity contribution < 1.29 is 62.9 Å². The molecule has 0 saturated heterocycles. The number of ether oxygens (including phenoxy) is 2. The van der Waals surface area contributed by atoms with Crippen LogP contribution >= 0.6 is 0 Å². The molecular weight excluding hydrogens is 782 g/mol. The minimum atomic E-state index is -1.47. The van der Waals surface area contributed by atoms with E-state index in [-0.39, 0.29) is 56.0 Å². The summed E-state index contributed by atoms with van der Waals surface area (Å²) in [6.07, 6.45) is 3.12. The van der Waals surface area contributed by atoms with E-state index in [0.717, 1.165) is 66.1 Å². The van der Waals surface area contributed by atoms with Crippen LogP contribution in [-0.4, -0.2) is 47.1 Å². The molecule has 0 fully saturated rings. The molecule has 278 valence electrons. The monoisotopic (exact) mass is 812 g/mol. The van der Waals surface area contributed by atoms with Crippen LogP contribution in [0.3, 0.4) is 0 Å². The minimum Gasteiger partial charge on any atom is -0.504 e. The molecule has 0 amide bonds. The van der Waals surface area contributed by atoms with Crippen molar-refractivity contribution in [2.75, 3.05) is 14.2 Å². The van der Waals surface area contributed by atoms with E-state index in [9.17, 15) is 20.4 Å². The zero-order valence-corrected chi connectivity index (χ0v) is 31.3. The third-order valence-electron chi connectivity index (χ3n) is 10.3. The molecule has 1 aliphatic carbocycles. The summed E-state index contributed by atoms with van der Waals surface area (Å²) in [7, 11) is 3.28. The maximum atomic E-state index is 11.3. The first-order chi connectivity index (χ1) is 25.8. The van der Waals surface area contributed by atoms with Crippen LogP contribution < -0.4 is 9.47 Å². The largest absolute Gasteiger partial charge is 0.504 e. The van der Waals surface area contributed by atoms with Gasteiger partial charge in [-0.25, -0.2) is 0 Å². The van der Waals surface area contributed by atoms with Gasteiger partial charge in [-0.15, -0.1) is 0 Å². The average Bonchev–Trinajstić information content (AvgIpc) is 3.47. The number of rotatable bonds is 6. The Morgan fingerprint density at radius 2 is 0.873 bits per heavy atom. The summed E-state index contributed by atoms with van der Waals surface area (Å²) in [6, 6.07) is 37.9. The summed E-state index contributed by atoms with van der Waals surface area (Å²) in [6.45, 7) is 0. The topological polar surface area (TPSA) is 124 Å². The number of phenols is 4. The van der Waals surface area contributed by atoms with E-state index in [4.69, 9.17) is 19.5 Å². The van der Waals surface area contributed by atoms with Crippen molar-refractivity contribution in [3.8, 4) is 45.6 Å². The molecule has 9 rings (SSSR count). The molecule has 0 heterocycles. The maximum absolute atomic E-state index is 11.3. The summed E-state index contributed by atoms with van der Waals surface area (Å²) < 4.78 is 11.2. The number of hydrogen-bond donors (Lipinski definition) is 4. The Labute approximate surface area is 335 Å². The number of methoxy groups -OCH3 is 2. The van der Waals surface area contributed by atoms with Gasteiger partial charge in [0.2, 0.25) is 5.66 Å². The predicted octanol–water partition coefficient (Wildman–Crippen LogP) is 9.55. The summed E-state index contributed by atoms with van der Waals surface area (Å²) in [5.74, 6) is 0.281. The van der Waals surface area contributed by atoms with Crippen LogP contribution in [0.4, 0.5) is 0 Å². The number of nitrogens with zero attached hydrogens (tertiary/aromatic N) is 2. The second kappa shape index (κ2) is 14.3. The second-order valence-electron chi connectivity index (χ2n) is 13.1. The van der Waals surface area contributed by atoms with Gasteiger partial charge in [-0.3, -0.25) is 9.98 Å². The van der Waals surface area contributed by atoms with Gasteiger partial charge in [-0.1, -0.05) is 84.9 Å². The van der Waals surface area contributed by atoms with Crippen molar-refractivity contribution in [2.45, 2.75) is 5.66 Å². The van der Waals surface area contributed by atoms with E-state index in [2.05, 4.69) is 0 Å². The van der Waals surface area contributed by atoms with Gasteiger partial charge in [0.15, 0.2) is 23.0 Å². The zero-order valence-electron chi connectivity index (χ0n) is 29.3. The first-order valence-electron chi connectivity index (χ1n) is 17.0. The van der Waals surface area contributed by atoms with Gasteiger partial charge in [0.05, 0.1) is 14.2 Å². The fraction of sp³-hybridized carbons (Fsp3) is 0.0667. The van der Waals surface area contributed by atoms with Gasteiger partial charge < -0.3 is 29.9 Å². The number of aromatic hydroxyl groups is 4. The van der Waals surface area contributed by atoms with Crippen molar-refractivity contribution in [1.29, 1.82) is 0 Å². The Kier molecular flexibility index (Phi) is 9.68.